The maximum absolute atomic E-state index is 12.4. The van der Waals surface area contributed by atoms with E-state index in [9.17, 15) is 4.79 Å². The summed E-state index contributed by atoms with van der Waals surface area (Å²) in [6, 6.07) is 10.8. The highest BCUT2D eigenvalue weighted by atomic mass is 35.5. The molecule has 0 saturated carbocycles. The third-order valence-electron chi connectivity index (χ3n) is 4.96. The molecule has 0 aliphatic heterocycles. The average molecular weight is 415 g/mol. The van der Waals surface area contributed by atoms with E-state index in [4.69, 9.17) is 28.3 Å². The zero-order valence-corrected chi connectivity index (χ0v) is 16.8. The zero-order chi connectivity index (χ0) is 19.5. The average Bonchev–Trinajstić information content (AvgIpc) is 3.09. The minimum absolute atomic E-state index is 0.176. The van der Waals surface area contributed by atoms with Gasteiger partial charge in [-0.25, -0.2) is 0 Å². The number of aromatic nitrogens is 3. The highest BCUT2D eigenvalue weighted by Gasteiger charge is 2.22. The molecular formula is C21H20Cl2N4O. The molecule has 4 rings (SSSR count). The summed E-state index contributed by atoms with van der Waals surface area (Å²) in [7, 11) is 0. The Morgan fingerprint density at radius 3 is 2.75 bits per heavy atom. The number of hydrogen-bond donors (Lipinski definition) is 1. The molecular weight excluding hydrogens is 395 g/mol. The molecule has 1 N–H and O–H groups in total. The molecule has 3 aromatic rings. The molecule has 0 unspecified atom stereocenters. The third-order valence-corrected chi connectivity index (χ3v) is 5.69. The fourth-order valence-electron chi connectivity index (χ4n) is 3.58. The van der Waals surface area contributed by atoms with Crippen molar-refractivity contribution in [1.29, 1.82) is 0 Å². The van der Waals surface area contributed by atoms with Gasteiger partial charge < -0.3 is 5.32 Å². The summed E-state index contributed by atoms with van der Waals surface area (Å²) < 4.78 is 2.02. The topological polar surface area (TPSA) is 59.8 Å². The number of halogens is 2. The van der Waals surface area contributed by atoms with Crippen LogP contribution in [0.1, 0.15) is 34.5 Å². The Hall–Kier alpha value is -2.37. The van der Waals surface area contributed by atoms with Crippen molar-refractivity contribution < 1.29 is 4.79 Å². The summed E-state index contributed by atoms with van der Waals surface area (Å²) in [5.74, 6) is -0.176. The van der Waals surface area contributed by atoms with Crippen LogP contribution in [0.4, 0.5) is 0 Å². The molecule has 1 amide bonds. The van der Waals surface area contributed by atoms with Gasteiger partial charge in [0.15, 0.2) is 0 Å². The van der Waals surface area contributed by atoms with E-state index in [2.05, 4.69) is 10.3 Å². The lowest BCUT2D eigenvalue weighted by molar-refractivity contribution is 0.0952. The SMILES string of the molecule is O=C(NCCn1nc(-c2ccccn2)c2c1CCCC2)c1ccc(Cl)c(Cl)c1. The van der Waals surface area contributed by atoms with Crippen LogP contribution in [-0.4, -0.2) is 27.2 Å². The standard InChI is InChI=1S/C21H20Cl2N4O/c22-16-9-8-14(13-17(16)23)21(28)25-11-12-27-19-7-2-1-5-15(19)20(26-27)18-6-3-4-10-24-18/h3-4,6,8-10,13H,1-2,5,7,11-12H2,(H,25,28). The smallest absolute Gasteiger partial charge is 0.251 e. The molecule has 0 radical (unpaired) electrons. The molecule has 0 bridgehead atoms. The first-order chi connectivity index (χ1) is 13.6. The molecule has 1 aliphatic rings. The van der Waals surface area contributed by atoms with Crippen molar-refractivity contribution in [3.63, 3.8) is 0 Å². The number of amides is 1. The van der Waals surface area contributed by atoms with Gasteiger partial charge in [-0.2, -0.15) is 5.10 Å². The van der Waals surface area contributed by atoms with Crippen molar-refractivity contribution in [1.82, 2.24) is 20.1 Å². The Morgan fingerprint density at radius 1 is 1.11 bits per heavy atom. The van der Waals surface area contributed by atoms with Crippen LogP contribution in [0.15, 0.2) is 42.6 Å². The van der Waals surface area contributed by atoms with Crippen LogP contribution >= 0.6 is 23.2 Å². The highest BCUT2D eigenvalue weighted by Crippen LogP contribution is 2.30. The Morgan fingerprint density at radius 2 is 1.96 bits per heavy atom. The van der Waals surface area contributed by atoms with Crippen LogP contribution in [0.25, 0.3) is 11.4 Å². The first-order valence-electron chi connectivity index (χ1n) is 9.36. The second kappa shape index (κ2) is 8.33. The van der Waals surface area contributed by atoms with Crippen LogP contribution in [-0.2, 0) is 19.4 Å². The Bertz CT molecular complexity index is 1000. The highest BCUT2D eigenvalue weighted by molar-refractivity contribution is 6.42. The number of pyridine rings is 1. The lowest BCUT2D eigenvalue weighted by Gasteiger charge is -2.14. The van der Waals surface area contributed by atoms with Crippen molar-refractivity contribution in [3.05, 3.63) is 69.5 Å². The molecule has 1 aromatic carbocycles. The molecule has 2 aromatic heterocycles. The molecule has 0 atom stereocenters. The van der Waals surface area contributed by atoms with Crippen LogP contribution in [0.5, 0.6) is 0 Å². The monoisotopic (exact) mass is 414 g/mol. The van der Waals surface area contributed by atoms with Crippen molar-refractivity contribution in [2.24, 2.45) is 0 Å². The lowest BCUT2D eigenvalue weighted by Crippen LogP contribution is -2.28. The van der Waals surface area contributed by atoms with Crippen LogP contribution in [0.3, 0.4) is 0 Å². The minimum Gasteiger partial charge on any atom is -0.350 e. The van der Waals surface area contributed by atoms with Gasteiger partial charge in [0.2, 0.25) is 0 Å². The van der Waals surface area contributed by atoms with Gasteiger partial charge >= 0.3 is 0 Å². The number of fused-ring (bicyclic) bond motifs is 1. The lowest BCUT2D eigenvalue weighted by atomic mass is 9.95. The predicted molar refractivity (Wildman–Crippen MR) is 111 cm³/mol. The quantitative estimate of drug-likeness (QED) is 0.665. The fourth-order valence-corrected chi connectivity index (χ4v) is 3.88. The second-order valence-corrected chi connectivity index (χ2v) is 7.62. The number of nitrogens with zero attached hydrogens (tertiary/aromatic N) is 3. The summed E-state index contributed by atoms with van der Waals surface area (Å²) >= 11 is 11.9. The summed E-state index contributed by atoms with van der Waals surface area (Å²) in [6.07, 6.45) is 6.16. The maximum Gasteiger partial charge on any atom is 0.251 e. The predicted octanol–water partition coefficient (Wildman–Crippen LogP) is 4.56. The third kappa shape index (κ3) is 3.91. The van der Waals surface area contributed by atoms with E-state index in [-0.39, 0.29) is 5.91 Å². The number of nitrogens with one attached hydrogen (secondary N) is 1. The Kier molecular flexibility index (Phi) is 5.64. The summed E-state index contributed by atoms with van der Waals surface area (Å²) in [4.78, 5) is 16.8. The van der Waals surface area contributed by atoms with E-state index in [0.29, 0.717) is 28.7 Å². The van der Waals surface area contributed by atoms with Gasteiger partial charge in [0.05, 0.1) is 22.3 Å². The number of benzene rings is 1. The van der Waals surface area contributed by atoms with Gasteiger partial charge in [0.25, 0.3) is 5.91 Å². The molecule has 7 heteroatoms. The first kappa shape index (κ1) is 19.0. The van der Waals surface area contributed by atoms with Crippen LogP contribution < -0.4 is 5.32 Å². The van der Waals surface area contributed by atoms with Gasteiger partial charge in [-0.3, -0.25) is 14.5 Å². The molecule has 5 nitrogen and oxygen atoms in total. The van der Waals surface area contributed by atoms with E-state index >= 15 is 0 Å². The zero-order valence-electron chi connectivity index (χ0n) is 15.3. The Balaban J connectivity index is 1.48. The van der Waals surface area contributed by atoms with Crippen LogP contribution in [0, 0.1) is 0 Å². The largest absolute Gasteiger partial charge is 0.350 e. The van der Waals surface area contributed by atoms with Crippen LogP contribution in [0.2, 0.25) is 10.0 Å². The van der Waals surface area contributed by atoms with Crippen molar-refractivity contribution in [3.8, 4) is 11.4 Å². The van der Waals surface area contributed by atoms with Crippen molar-refractivity contribution in [2.45, 2.75) is 32.2 Å². The fraction of sp³-hybridized carbons (Fsp3) is 0.286. The summed E-state index contributed by atoms with van der Waals surface area (Å²) in [6.45, 7) is 1.09. The molecule has 144 valence electrons. The van der Waals surface area contributed by atoms with Gasteiger partial charge in [0.1, 0.15) is 5.69 Å². The van der Waals surface area contributed by atoms with E-state index in [1.165, 1.54) is 17.7 Å². The van der Waals surface area contributed by atoms with E-state index in [1.807, 2.05) is 22.9 Å². The van der Waals surface area contributed by atoms with Gasteiger partial charge in [0, 0.05) is 29.6 Å². The van der Waals surface area contributed by atoms with E-state index in [1.54, 1.807) is 24.4 Å². The molecule has 2 heterocycles. The number of hydrogen-bond acceptors (Lipinski definition) is 3. The molecule has 0 saturated heterocycles. The first-order valence-corrected chi connectivity index (χ1v) is 10.1. The molecule has 0 spiro atoms. The van der Waals surface area contributed by atoms with Crippen molar-refractivity contribution >= 4 is 29.1 Å². The molecule has 0 fully saturated rings. The van der Waals surface area contributed by atoms with Gasteiger partial charge in [-0.15, -0.1) is 0 Å². The number of rotatable bonds is 5. The summed E-state index contributed by atoms with van der Waals surface area (Å²) in [5, 5.41) is 8.56. The normalized spacial score (nSPS) is 13.2. The van der Waals surface area contributed by atoms with E-state index < -0.39 is 0 Å². The minimum atomic E-state index is -0.176. The van der Waals surface area contributed by atoms with E-state index in [0.717, 1.165) is 30.7 Å². The van der Waals surface area contributed by atoms with Crippen molar-refractivity contribution in [2.75, 3.05) is 6.54 Å². The number of carbonyl (C=O) groups is 1. The maximum atomic E-state index is 12.4. The molecule has 28 heavy (non-hydrogen) atoms. The second-order valence-electron chi connectivity index (χ2n) is 6.80. The van der Waals surface area contributed by atoms with Gasteiger partial charge in [-0.05, 0) is 56.0 Å². The Labute approximate surface area is 173 Å². The number of carbonyl (C=O) groups excluding carboxylic acids is 1. The van der Waals surface area contributed by atoms with Gasteiger partial charge in [-0.1, -0.05) is 29.3 Å². The molecule has 1 aliphatic carbocycles. The summed E-state index contributed by atoms with van der Waals surface area (Å²) in [5.41, 5.74) is 4.91.